The van der Waals surface area contributed by atoms with E-state index in [0.29, 0.717) is 6.54 Å². The fourth-order valence-corrected chi connectivity index (χ4v) is 3.46. The molecule has 2 rings (SSSR count). The van der Waals surface area contributed by atoms with Gasteiger partial charge in [0.25, 0.3) is 0 Å². The van der Waals surface area contributed by atoms with Gasteiger partial charge in [0.1, 0.15) is 0 Å². The maximum absolute atomic E-state index is 6.00. The van der Waals surface area contributed by atoms with Gasteiger partial charge in [-0.15, -0.1) is 11.3 Å². The number of aryl methyl sites for hydroxylation is 2. The van der Waals surface area contributed by atoms with E-state index in [1.807, 2.05) is 26.8 Å². The Labute approximate surface area is 142 Å². The van der Waals surface area contributed by atoms with Crippen LogP contribution in [0, 0.1) is 13.8 Å². The molecule has 23 heavy (non-hydrogen) atoms. The minimum atomic E-state index is 0.105. The average molecular weight is 334 g/mol. The normalized spacial score (nSPS) is 12.5. The van der Waals surface area contributed by atoms with Gasteiger partial charge in [-0.05, 0) is 51.8 Å². The molecular weight excluding hydrogens is 308 g/mol. The van der Waals surface area contributed by atoms with Gasteiger partial charge < -0.3 is 15.2 Å². The molecule has 0 spiro atoms. The number of nitrogens with two attached hydrogens (primary N) is 1. The number of rotatable bonds is 7. The van der Waals surface area contributed by atoms with Crippen LogP contribution in [0.5, 0.6) is 11.5 Å². The van der Waals surface area contributed by atoms with Crippen LogP contribution >= 0.6 is 11.3 Å². The van der Waals surface area contributed by atoms with Crippen molar-refractivity contribution in [3.05, 3.63) is 39.3 Å². The van der Waals surface area contributed by atoms with E-state index in [1.54, 1.807) is 18.4 Å². The predicted octanol–water partition coefficient (Wildman–Crippen LogP) is 3.84. The Hall–Kier alpha value is -1.59. The van der Waals surface area contributed by atoms with Gasteiger partial charge in [-0.2, -0.15) is 0 Å². The van der Waals surface area contributed by atoms with Crippen molar-refractivity contribution in [1.29, 1.82) is 0 Å². The van der Waals surface area contributed by atoms with Gasteiger partial charge in [0.05, 0.1) is 23.9 Å². The first-order valence-corrected chi connectivity index (χ1v) is 8.73. The number of ether oxygens (including phenoxy) is 2. The van der Waals surface area contributed by atoms with Crippen LogP contribution in [0.2, 0.25) is 0 Å². The second-order valence-electron chi connectivity index (χ2n) is 5.98. The summed E-state index contributed by atoms with van der Waals surface area (Å²) in [7, 11) is 1.66. The lowest BCUT2D eigenvalue weighted by molar-refractivity contribution is 0.230. The fraction of sp³-hybridized carbons (Fsp3) is 0.500. The summed E-state index contributed by atoms with van der Waals surface area (Å²) < 4.78 is 11.2. The van der Waals surface area contributed by atoms with E-state index in [1.165, 1.54) is 10.4 Å². The smallest absolute Gasteiger partial charge is 0.161 e. The van der Waals surface area contributed by atoms with E-state index in [0.717, 1.165) is 28.6 Å². The van der Waals surface area contributed by atoms with Crippen LogP contribution in [0.3, 0.4) is 0 Å². The highest BCUT2D eigenvalue weighted by molar-refractivity contribution is 7.11. The Morgan fingerprint density at radius 1 is 1.22 bits per heavy atom. The minimum Gasteiger partial charge on any atom is -0.493 e. The highest BCUT2D eigenvalue weighted by Gasteiger charge is 2.17. The SMILES string of the molecule is COc1ccc(CC(CN)c2nc(C)c(C)s2)cc1OC(C)C. The zero-order valence-corrected chi connectivity index (χ0v) is 15.4. The molecule has 126 valence electrons. The Kier molecular flexibility index (Phi) is 6.02. The van der Waals surface area contributed by atoms with E-state index >= 15 is 0 Å². The summed E-state index contributed by atoms with van der Waals surface area (Å²) in [5, 5.41) is 1.12. The molecular formula is C18H26N2O2S. The maximum Gasteiger partial charge on any atom is 0.161 e. The molecule has 2 aromatic rings. The van der Waals surface area contributed by atoms with E-state index in [4.69, 9.17) is 15.2 Å². The Balaban J connectivity index is 2.23. The van der Waals surface area contributed by atoms with Gasteiger partial charge in [-0.1, -0.05) is 6.07 Å². The van der Waals surface area contributed by atoms with Crippen LogP contribution in [-0.4, -0.2) is 24.7 Å². The second kappa shape index (κ2) is 7.79. The van der Waals surface area contributed by atoms with Crippen molar-refractivity contribution in [2.75, 3.05) is 13.7 Å². The van der Waals surface area contributed by atoms with E-state index in [2.05, 4.69) is 24.0 Å². The molecule has 1 aromatic carbocycles. The molecule has 1 atom stereocenters. The van der Waals surface area contributed by atoms with Crippen molar-refractivity contribution in [3.8, 4) is 11.5 Å². The first-order valence-electron chi connectivity index (χ1n) is 7.92. The van der Waals surface area contributed by atoms with Crippen molar-refractivity contribution in [2.24, 2.45) is 5.73 Å². The summed E-state index contributed by atoms with van der Waals surface area (Å²) in [5.74, 6) is 1.77. The Morgan fingerprint density at radius 3 is 2.48 bits per heavy atom. The molecule has 0 fully saturated rings. The van der Waals surface area contributed by atoms with Crippen LogP contribution in [0.25, 0.3) is 0 Å². The van der Waals surface area contributed by atoms with Gasteiger partial charge in [-0.25, -0.2) is 4.98 Å². The fourth-order valence-electron chi connectivity index (χ4n) is 2.42. The lowest BCUT2D eigenvalue weighted by Crippen LogP contribution is -2.15. The molecule has 0 saturated carbocycles. The van der Waals surface area contributed by atoms with E-state index in [-0.39, 0.29) is 12.0 Å². The predicted molar refractivity (Wildman–Crippen MR) is 95.8 cm³/mol. The summed E-state index contributed by atoms with van der Waals surface area (Å²) in [5.41, 5.74) is 8.28. The quantitative estimate of drug-likeness (QED) is 0.836. The van der Waals surface area contributed by atoms with Gasteiger partial charge in [0.15, 0.2) is 11.5 Å². The third-order valence-electron chi connectivity index (χ3n) is 3.75. The summed E-state index contributed by atoms with van der Waals surface area (Å²) >= 11 is 1.74. The largest absolute Gasteiger partial charge is 0.493 e. The van der Waals surface area contributed by atoms with Crippen LogP contribution in [0.1, 0.15) is 40.9 Å². The second-order valence-corrected chi connectivity index (χ2v) is 7.22. The molecule has 1 heterocycles. The number of hydrogen-bond donors (Lipinski definition) is 1. The lowest BCUT2D eigenvalue weighted by atomic mass is 9.99. The molecule has 0 aliphatic heterocycles. The molecule has 1 unspecified atom stereocenters. The van der Waals surface area contributed by atoms with Crippen LogP contribution in [0.15, 0.2) is 18.2 Å². The molecule has 0 saturated heterocycles. The monoisotopic (exact) mass is 334 g/mol. The first-order chi connectivity index (χ1) is 10.9. The summed E-state index contributed by atoms with van der Waals surface area (Å²) in [6.07, 6.45) is 0.954. The molecule has 0 bridgehead atoms. The number of methoxy groups -OCH3 is 1. The zero-order chi connectivity index (χ0) is 17.0. The topological polar surface area (TPSA) is 57.4 Å². The van der Waals surface area contributed by atoms with E-state index in [9.17, 15) is 0 Å². The zero-order valence-electron chi connectivity index (χ0n) is 14.6. The van der Waals surface area contributed by atoms with Crippen molar-refractivity contribution in [3.63, 3.8) is 0 Å². The molecule has 0 amide bonds. The van der Waals surface area contributed by atoms with Gasteiger partial charge in [-0.3, -0.25) is 0 Å². The maximum atomic E-state index is 6.00. The van der Waals surface area contributed by atoms with Crippen LogP contribution in [0.4, 0.5) is 0 Å². The van der Waals surface area contributed by atoms with Crippen molar-refractivity contribution in [2.45, 2.75) is 46.1 Å². The average Bonchev–Trinajstić information content (AvgIpc) is 2.84. The Morgan fingerprint density at radius 2 is 1.96 bits per heavy atom. The minimum absolute atomic E-state index is 0.105. The van der Waals surface area contributed by atoms with Gasteiger partial charge in [0, 0.05) is 17.3 Å². The van der Waals surface area contributed by atoms with Crippen molar-refractivity contribution < 1.29 is 9.47 Å². The third kappa shape index (κ3) is 4.45. The van der Waals surface area contributed by atoms with Gasteiger partial charge in [0.2, 0.25) is 0 Å². The number of thiazole rings is 1. The lowest BCUT2D eigenvalue weighted by Gasteiger charge is -2.17. The highest BCUT2D eigenvalue weighted by atomic mass is 32.1. The molecule has 0 aliphatic rings. The number of benzene rings is 1. The number of hydrogen-bond acceptors (Lipinski definition) is 5. The van der Waals surface area contributed by atoms with Crippen molar-refractivity contribution >= 4 is 11.3 Å². The summed E-state index contributed by atoms with van der Waals surface area (Å²) in [6, 6.07) is 6.08. The van der Waals surface area contributed by atoms with E-state index < -0.39 is 0 Å². The molecule has 4 nitrogen and oxygen atoms in total. The third-order valence-corrected chi connectivity index (χ3v) is 4.99. The highest BCUT2D eigenvalue weighted by Crippen LogP contribution is 2.32. The molecule has 0 radical (unpaired) electrons. The summed E-state index contributed by atoms with van der Waals surface area (Å²) in [4.78, 5) is 5.93. The molecule has 1 aromatic heterocycles. The number of nitrogens with zero attached hydrogens (tertiary/aromatic N) is 1. The molecule has 5 heteroatoms. The Bertz CT molecular complexity index is 633. The van der Waals surface area contributed by atoms with Crippen molar-refractivity contribution in [1.82, 2.24) is 4.98 Å². The number of aromatic nitrogens is 1. The molecule has 0 aliphatic carbocycles. The van der Waals surface area contributed by atoms with Gasteiger partial charge >= 0.3 is 0 Å². The van der Waals surface area contributed by atoms with Crippen LogP contribution in [-0.2, 0) is 6.42 Å². The van der Waals surface area contributed by atoms with Crippen LogP contribution < -0.4 is 15.2 Å². The standard InChI is InChI=1S/C18H26N2O2S/c1-11(2)22-17-9-14(6-7-16(17)21-5)8-15(10-19)18-20-12(3)13(4)23-18/h6-7,9,11,15H,8,10,19H2,1-5H3. The molecule has 2 N–H and O–H groups in total. The first kappa shape index (κ1) is 17.8. The summed E-state index contributed by atoms with van der Waals surface area (Å²) in [6.45, 7) is 8.75.